The van der Waals surface area contributed by atoms with Gasteiger partial charge < -0.3 is 14.2 Å². The van der Waals surface area contributed by atoms with E-state index in [1.54, 1.807) is 7.11 Å². The molecule has 1 fully saturated rings. The zero-order chi connectivity index (χ0) is 19.0. The Morgan fingerprint density at radius 2 is 2.19 bits per heavy atom. The molecule has 1 aliphatic heterocycles. The molecule has 8 heteroatoms. The fourth-order valence-corrected chi connectivity index (χ4v) is 4.36. The molecule has 0 unspecified atom stereocenters. The van der Waals surface area contributed by atoms with E-state index < -0.39 is 0 Å². The van der Waals surface area contributed by atoms with Crippen LogP contribution in [0.3, 0.4) is 0 Å². The molecular formula is C19H23N5O2S. The molecule has 142 valence electrons. The second-order valence-corrected chi connectivity index (χ2v) is 7.87. The molecule has 0 spiro atoms. The van der Waals surface area contributed by atoms with Gasteiger partial charge in [-0.15, -0.1) is 10.2 Å². The van der Waals surface area contributed by atoms with Crippen LogP contribution in [0.4, 0.5) is 0 Å². The summed E-state index contributed by atoms with van der Waals surface area (Å²) in [6.07, 6.45) is 3.37. The van der Waals surface area contributed by atoms with Crippen molar-refractivity contribution in [1.29, 1.82) is 0 Å². The lowest BCUT2D eigenvalue weighted by molar-refractivity contribution is -0.131. The summed E-state index contributed by atoms with van der Waals surface area (Å²) in [7, 11) is 3.60. The van der Waals surface area contributed by atoms with Gasteiger partial charge in [0.15, 0.2) is 5.65 Å². The van der Waals surface area contributed by atoms with Crippen molar-refractivity contribution in [2.24, 2.45) is 7.05 Å². The van der Waals surface area contributed by atoms with Crippen LogP contribution in [-0.4, -0.2) is 56.0 Å². The van der Waals surface area contributed by atoms with Crippen LogP contribution in [0.1, 0.15) is 26.2 Å². The Hall–Kier alpha value is -2.35. The summed E-state index contributed by atoms with van der Waals surface area (Å²) in [6, 6.07) is 6.18. The Bertz CT molecular complexity index is 1000. The summed E-state index contributed by atoms with van der Waals surface area (Å²) in [6.45, 7) is 2.97. The number of benzene rings is 1. The molecule has 7 nitrogen and oxygen atoms in total. The highest BCUT2D eigenvalue weighted by molar-refractivity contribution is 7.99. The van der Waals surface area contributed by atoms with Gasteiger partial charge in [0.2, 0.25) is 11.1 Å². The molecule has 1 atom stereocenters. The lowest BCUT2D eigenvalue weighted by Gasteiger charge is -2.33. The molecule has 2 aromatic heterocycles. The number of aryl methyl sites for hydroxylation is 1. The van der Waals surface area contributed by atoms with Crippen LogP contribution in [0.25, 0.3) is 22.1 Å². The van der Waals surface area contributed by atoms with Crippen molar-refractivity contribution >= 4 is 39.7 Å². The molecule has 3 heterocycles. The van der Waals surface area contributed by atoms with Crippen LogP contribution in [0.5, 0.6) is 5.75 Å². The van der Waals surface area contributed by atoms with Gasteiger partial charge in [-0.3, -0.25) is 4.79 Å². The van der Waals surface area contributed by atoms with Gasteiger partial charge in [0.25, 0.3) is 0 Å². The van der Waals surface area contributed by atoms with E-state index in [-0.39, 0.29) is 5.91 Å². The number of aromatic nitrogens is 4. The van der Waals surface area contributed by atoms with Crippen molar-refractivity contribution in [3.63, 3.8) is 0 Å². The average Bonchev–Trinajstić information content (AvgIpc) is 2.98. The first kappa shape index (κ1) is 18.0. The van der Waals surface area contributed by atoms with Gasteiger partial charge in [-0.2, -0.15) is 0 Å². The Kier molecular flexibility index (Phi) is 4.90. The molecule has 0 saturated carbocycles. The third kappa shape index (κ3) is 3.34. The van der Waals surface area contributed by atoms with Crippen LogP contribution >= 0.6 is 11.8 Å². The predicted octanol–water partition coefficient (Wildman–Crippen LogP) is 3.02. The standard InChI is InChI=1S/C19H23N5O2S/c1-12-6-4-5-9-24(12)16(25)11-27-19-20-18-17(21-22-19)14-10-13(26-3)7-8-15(14)23(18)2/h7-8,10,12H,4-6,9,11H2,1-3H3/t12-/m0/s1. The molecule has 1 aromatic carbocycles. The molecule has 0 aliphatic carbocycles. The lowest BCUT2D eigenvalue weighted by atomic mass is 10.0. The number of carbonyl (C=O) groups excluding carboxylic acids is 1. The van der Waals surface area contributed by atoms with Crippen LogP contribution < -0.4 is 4.74 Å². The van der Waals surface area contributed by atoms with Gasteiger partial charge in [-0.05, 0) is 44.4 Å². The lowest BCUT2D eigenvalue weighted by Crippen LogP contribution is -2.42. The third-order valence-electron chi connectivity index (χ3n) is 5.23. The molecular weight excluding hydrogens is 362 g/mol. The van der Waals surface area contributed by atoms with E-state index in [1.807, 2.05) is 34.7 Å². The van der Waals surface area contributed by atoms with E-state index in [0.717, 1.165) is 47.2 Å². The fraction of sp³-hybridized carbons (Fsp3) is 0.474. The monoisotopic (exact) mass is 385 g/mol. The van der Waals surface area contributed by atoms with E-state index in [2.05, 4.69) is 22.1 Å². The Balaban J connectivity index is 1.57. The van der Waals surface area contributed by atoms with Crippen molar-refractivity contribution in [2.45, 2.75) is 37.4 Å². The van der Waals surface area contributed by atoms with Crippen LogP contribution in [0, 0.1) is 0 Å². The van der Waals surface area contributed by atoms with Crippen molar-refractivity contribution in [3.8, 4) is 5.75 Å². The molecule has 1 aliphatic rings. The summed E-state index contributed by atoms with van der Waals surface area (Å²) >= 11 is 1.35. The number of hydrogen-bond acceptors (Lipinski definition) is 6. The van der Waals surface area contributed by atoms with Crippen molar-refractivity contribution in [2.75, 3.05) is 19.4 Å². The highest BCUT2D eigenvalue weighted by atomic mass is 32.2. The van der Waals surface area contributed by atoms with Crippen molar-refractivity contribution in [1.82, 2.24) is 24.6 Å². The molecule has 1 amide bonds. The van der Waals surface area contributed by atoms with E-state index in [4.69, 9.17) is 4.74 Å². The minimum Gasteiger partial charge on any atom is -0.497 e. The molecule has 0 radical (unpaired) electrons. The fourth-order valence-electron chi connectivity index (χ4n) is 3.69. The van der Waals surface area contributed by atoms with Crippen LogP contribution in [0.15, 0.2) is 23.4 Å². The zero-order valence-corrected chi connectivity index (χ0v) is 16.6. The first-order chi connectivity index (χ1) is 13.1. The Labute approximate surface area is 162 Å². The van der Waals surface area contributed by atoms with Gasteiger partial charge in [-0.1, -0.05) is 11.8 Å². The number of fused-ring (bicyclic) bond motifs is 3. The number of thioether (sulfide) groups is 1. The number of hydrogen-bond donors (Lipinski definition) is 0. The van der Waals surface area contributed by atoms with Gasteiger partial charge >= 0.3 is 0 Å². The number of likely N-dealkylation sites (tertiary alicyclic amines) is 1. The number of methoxy groups -OCH3 is 1. The summed E-state index contributed by atoms with van der Waals surface area (Å²) < 4.78 is 7.31. The summed E-state index contributed by atoms with van der Waals surface area (Å²) in [5.41, 5.74) is 2.52. The summed E-state index contributed by atoms with van der Waals surface area (Å²) in [5, 5.41) is 10.1. The molecule has 1 saturated heterocycles. The topological polar surface area (TPSA) is 73.1 Å². The van der Waals surface area contributed by atoms with Gasteiger partial charge in [0.05, 0.1) is 18.4 Å². The van der Waals surface area contributed by atoms with E-state index in [1.165, 1.54) is 18.2 Å². The molecule has 27 heavy (non-hydrogen) atoms. The maximum absolute atomic E-state index is 12.5. The maximum atomic E-state index is 12.5. The molecule has 3 aromatic rings. The van der Waals surface area contributed by atoms with E-state index in [9.17, 15) is 4.79 Å². The average molecular weight is 385 g/mol. The van der Waals surface area contributed by atoms with Crippen LogP contribution in [0.2, 0.25) is 0 Å². The molecule has 0 bridgehead atoms. The summed E-state index contributed by atoms with van der Waals surface area (Å²) in [5.74, 6) is 1.27. The Morgan fingerprint density at radius 1 is 1.33 bits per heavy atom. The quantitative estimate of drug-likeness (QED) is 0.643. The molecule has 0 N–H and O–H groups in total. The third-order valence-corrected chi connectivity index (χ3v) is 6.06. The van der Waals surface area contributed by atoms with E-state index in [0.29, 0.717) is 17.0 Å². The number of nitrogens with zero attached hydrogens (tertiary/aromatic N) is 5. The largest absolute Gasteiger partial charge is 0.497 e. The van der Waals surface area contributed by atoms with Crippen molar-refractivity contribution < 1.29 is 9.53 Å². The highest BCUT2D eigenvalue weighted by Crippen LogP contribution is 2.29. The first-order valence-electron chi connectivity index (χ1n) is 9.17. The SMILES string of the molecule is COc1ccc2c(c1)c1nnc(SCC(=O)N3CCCC[C@@H]3C)nc1n2C. The predicted molar refractivity (Wildman–Crippen MR) is 106 cm³/mol. The highest BCUT2D eigenvalue weighted by Gasteiger charge is 2.23. The Morgan fingerprint density at radius 3 is 2.96 bits per heavy atom. The minimum absolute atomic E-state index is 0.151. The van der Waals surface area contributed by atoms with E-state index >= 15 is 0 Å². The van der Waals surface area contributed by atoms with Crippen LogP contribution in [-0.2, 0) is 11.8 Å². The van der Waals surface area contributed by atoms with Gasteiger partial charge in [0, 0.05) is 25.0 Å². The second kappa shape index (κ2) is 7.34. The first-order valence-corrected chi connectivity index (χ1v) is 10.2. The van der Waals surface area contributed by atoms with Crippen molar-refractivity contribution in [3.05, 3.63) is 18.2 Å². The number of piperidine rings is 1. The smallest absolute Gasteiger partial charge is 0.233 e. The number of rotatable bonds is 4. The zero-order valence-electron chi connectivity index (χ0n) is 15.8. The second-order valence-electron chi connectivity index (χ2n) is 6.93. The number of ether oxygens (including phenoxy) is 1. The minimum atomic E-state index is 0.151. The molecule has 4 rings (SSSR count). The number of carbonyl (C=O) groups is 1. The normalized spacial score (nSPS) is 17.6. The van der Waals surface area contributed by atoms with Gasteiger partial charge in [-0.25, -0.2) is 4.98 Å². The number of amides is 1. The van der Waals surface area contributed by atoms with Gasteiger partial charge in [0.1, 0.15) is 11.3 Å². The summed E-state index contributed by atoms with van der Waals surface area (Å²) in [4.78, 5) is 19.2. The maximum Gasteiger partial charge on any atom is 0.233 e.